The summed E-state index contributed by atoms with van der Waals surface area (Å²) in [6.07, 6.45) is -0.0474. The summed E-state index contributed by atoms with van der Waals surface area (Å²) in [4.78, 5) is 0. The maximum Gasteiger partial charge on any atom is 0.126 e. The lowest BCUT2D eigenvalue weighted by Gasteiger charge is -2.12. The van der Waals surface area contributed by atoms with Crippen LogP contribution in [0.5, 0.6) is 0 Å². The lowest BCUT2D eigenvalue weighted by atomic mass is 10.0. The topological polar surface area (TPSA) is 9.23 Å². The molecule has 2 heteroatoms. The van der Waals surface area contributed by atoms with Gasteiger partial charge in [0.05, 0.1) is 6.10 Å². The maximum absolute atomic E-state index is 13.3. The van der Waals surface area contributed by atoms with Gasteiger partial charge in [0.1, 0.15) is 5.82 Å². The molecule has 0 N–H and O–H groups in total. The van der Waals surface area contributed by atoms with Crippen LogP contribution in [0.15, 0.2) is 12.1 Å². The second-order valence-corrected chi connectivity index (χ2v) is 3.32. The van der Waals surface area contributed by atoms with Gasteiger partial charge in [-0.1, -0.05) is 6.07 Å². The van der Waals surface area contributed by atoms with E-state index in [4.69, 9.17) is 4.74 Å². The van der Waals surface area contributed by atoms with Crippen LogP contribution < -0.4 is 0 Å². The van der Waals surface area contributed by atoms with Gasteiger partial charge in [-0.15, -0.1) is 0 Å². The van der Waals surface area contributed by atoms with E-state index in [2.05, 4.69) is 0 Å². The molecule has 1 atom stereocenters. The number of halogens is 1. The van der Waals surface area contributed by atoms with Gasteiger partial charge in [-0.05, 0) is 43.5 Å². The molecule has 0 bridgehead atoms. The van der Waals surface area contributed by atoms with Gasteiger partial charge in [0, 0.05) is 7.11 Å². The Balaban J connectivity index is 3.13. The Morgan fingerprint density at radius 2 is 1.92 bits per heavy atom. The third kappa shape index (κ3) is 2.07. The molecule has 1 aromatic carbocycles. The smallest absolute Gasteiger partial charge is 0.126 e. The Labute approximate surface area is 78.5 Å². The minimum absolute atomic E-state index is 0.0474. The minimum Gasteiger partial charge on any atom is -0.377 e. The molecule has 0 aliphatic heterocycles. The van der Waals surface area contributed by atoms with Gasteiger partial charge in [0.25, 0.3) is 0 Å². The Bertz CT molecular complexity index is 284. The predicted octanol–water partition coefficient (Wildman–Crippen LogP) is 3.15. The SMILES string of the molecule is COC(C)c1cc(C)c(C)c(F)c1. The summed E-state index contributed by atoms with van der Waals surface area (Å²) < 4.78 is 18.4. The van der Waals surface area contributed by atoms with Gasteiger partial charge in [-0.2, -0.15) is 0 Å². The standard InChI is InChI=1S/C11H15FO/c1-7-5-10(9(3)13-4)6-11(12)8(7)2/h5-6,9H,1-4H3. The number of ether oxygens (including phenoxy) is 1. The number of rotatable bonds is 2. The van der Waals surface area contributed by atoms with Crippen LogP contribution in [0.1, 0.15) is 29.7 Å². The van der Waals surface area contributed by atoms with Crippen LogP contribution in [-0.4, -0.2) is 7.11 Å². The molecule has 0 aliphatic carbocycles. The number of hydrogen-bond acceptors (Lipinski definition) is 1. The molecule has 0 aromatic heterocycles. The predicted molar refractivity (Wildman–Crippen MR) is 51.3 cm³/mol. The van der Waals surface area contributed by atoms with Crippen molar-refractivity contribution in [2.75, 3.05) is 7.11 Å². The van der Waals surface area contributed by atoms with Gasteiger partial charge in [0.2, 0.25) is 0 Å². The van der Waals surface area contributed by atoms with Crippen molar-refractivity contribution in [2.45, 2.75) is 26.9 Å². The molecule has 0 heterocycles. The van der Waals surface area contributed by atoms with E-state index in [1.54, 1.807) is 14.0 Å². The Morgan fingerprint density at radius 1 is 1.31 bits per heavy atom. The lowest BCUT2D eigenvalue weighted by Crippen LogP contribution is -1.99. The fraction of sp³-hybridized carbons (Fsp3) is 0.455. The summed E-state index contributed by atoms with van der Waals surface area (Å²) in [5, 5.41) is 0. The first kappa shape index (κ1) is 10.2. The van der Waals surface area contributed by atoms with Gasteiger partial charge >= 0.3 is 0 Å². The molecule has 72 valence electrons. The van der Waals surface area contributed by atoms with Gasteiger partial charge in [-0.3, -0.25) is 0 Å². The van der Waals surface area contributed by atoms with Crippen LogP contribution in [0, 0.1) is 19.7 Å². The zero-order chi connectivity index (χ0) is 10.0. The van der Waals surface area contributed by atoms with Crippen molar-refractivity contribution in [1.82, 2.24) is 0 Å². The van der Waals surface area contributed by atoms with Crippen LogP contribution in [0.2, 0.25) is 0 Å². The zero-order valence-corrected chi connectivity index (χ0v) is 8.52. The molecule has 0 saturated carbocycles. The molecule has 0 radical (unpaired) electrons. The summed E-state index contributed by atoms with van der Waals surface area (Å²) >= 11 is 0. The van der Waals surface area contributed by atoms with Crippen molar-refractivity contribution in [3.05, 3.63) is 34.6 Å². The lowest BCUT2D eigenvalue weighted by molar-refractivity contribution is 0.119. The van der Waals surface area contributed by atoms with Crippen molar-refractivity contribution in [3.63, 3.8) is 0 Å². The first-order valence-electron chi connectivity index (χ1n) is 4.35. The largest absolute Gasteiger partial charge is 0.377 e. The quantitative estimate of drug-likeness (QED) is 0.682. The molecule has 1 aromatic rings. The second kappa shape index (κ2) is 3.88. The molecule has 1 rings (SSSR count). The van der Waals surface area contributed by atoms with E-state index in [1.807, 2.05) is 19.9 Å². The highest BCUT2D eigenvalue weighted by molar-refractivity contribution is 5.32. The number of benzene rings is 1. The highest BCUT2D eigenvalue weighted by Gasteiger charge is 2.08. The van der Waals surface area contributed by atoms with Crippen molar-refractivity contribution in [3.8, 4) is 0 Å². The second-order valence-electron chi connectivity index (χ2n) is 3.32. The van der Waals surface area contributed by atoms with Crippen LogP contribution in [0.3, 0.4) is 0 Å². The Hall–Kier alpha value is -0.890. The first-order valence-corrected chi connectivity index (χ1v) is 4.35. The third-order valence-electron chi connectivity index (χ3n) is 2.45. The highest BCUT2D eigenvalue weighted by Crippen LogP contribution is 2.21. The molecule has 0 saturated heterocycles. The van der Waals surface area contributed by atoms with E-state index in [0.29, 0.717) is 5.56 Å². The van der Waals surface area contributed by atoms with Crippen LogP contribution in [-0.2, 0) is 4.74 Å². The molecule has 0 aliphatic rings. The van der Waals surface area contributed by atoms with E-state index in [1.165, 1.54) is 6.07 Å². The first-order chi connectivity index (χ1) is 6.06. The van der Waals surface area contributed by atoms with Crippen molar-refractivity contribution in [2.24, 2.45) is 0 Å². The fourth-order valence-corrected chi connectivity index (χ4v) is 1.21. The minimum atomic E-state index is -0.154. The van der Waals surface area contributed by atoms with Crippen molar-refractivity contribution >= 4 is 0 Å². The average Bonchev–Trinajstić information content (AvgIpc) is 2.12. The number of aryl methyl sites for hydroxylation is 1. The van der Waals surface area contributed by atoms with E-state index in [0.717, 1.165) is 11.1 Å². The molecule has 0 fully saturated rings. The highest BCUT2D eigenvalue weighted by atomic mass is 19.1. The van der Waals surface area contributed by atoms with Crippen LogP contribution in [0.4, 0.5) is 4.39 Å². The fourth-order valence-electron chi connectivity index (χ4n) is 1.21. The van der Waals surface area contributed by atoms with Gasteiger partial charge in [0.15, 0.2) is 0 Å². The average molecular weight is 182 g/mol. The van der Waals surface area contributed by atoms with E-state index in [-0.39, 0.29) is 11.9 Å². The Morgan fingerprint density at radius 3 is 2.38 bits per heavy atom. The zero-order valence-electron chi connectivity index (χ0n) is 8.52. The normalized spacial score (nSPS) is 13.0. The number of methoxy groups -OCH3 is 1. The molecular formula is C11H15FO. The summed E-state index contributed by atoms with van der Waals surface area (Å²) in [6, 6.07) is 3.50. The van der Waals surface area contributed by atoms with E-state index < -0.39 is 0 Å². The molecule has 0 amide bonds. The van der Waals surface area contributed by atoms with Crippen LogP contribution in [0.25, 0.3) is 0 Å². The summed E-state index contributed by atoms with van der Waals surface area (Å²) in [6.45, 7) is 5.60. The number of hydrogen-bond donors (Lipinski definition) is 0. The maximum atomic E-state index is 13.3. The van der Waals surface area contributed by atoms with Gasteiger partial charge in [-0.25, -0.2) is 4.39 Å². The monoisotopic (exact) mass is 182 g/mol. The van der Waals surface area contributed by atoms with Gasteiger partial charge < -0.3 is 4.74 Å². The van der Waals surface area contributed by atoms with Crippen molar-refractivity contribution in [1.29, 1.82) is 0 Å². The molecule has 1 unspecified atom stereocenters. The van der Waals surface area contributed by atoms with Crippen molar-refractivity contribution < 1.29 is 9.13 Å². The summed E-state index contributed by atoms with van der Waals surface area (Å²) in [5.74, 6) is -0.154. The van der Waals surface area contributed by atoms with E-state index >= 15 is 0 Å². The third-order valence-corrected chi connectivity index (χ3v) is 2.45. The molecule has 1 nitrogen and oxygen atoms in total. The Kier molecular flexibility index (Phi) is 3.04. The molecule has 13 heavy (non-hydrogen) atoms. The van der Waals surface area contributed by atoms with E-state index in [9.17, 15) is 4.39 Å². The summed E-state index contributed by atoms with van der Waals surface area (Å²) in [7, 11) is 1.62. The summed E-state index contributed by atoms with van der Waals surface area (Å²) in [5.41, 5.74) is 2.58. The molecular weight excluding hydrogens is 167 g/mol. The molecule has 0 spiro atoms. The van der Waals surface area contributed by atoms with Crippen LogP contribution >= 0.6 is 0 Å².